The number of rotatable bonds is 6. The van der Waals surface area contributed by atoms with Gasteiger partial charge in [0.1, 0.15) is 23.7 Å². The molecule has 3 aromatic rings. The molecular formula is C33H32F4N6O6S. The van der Waals surface area contributed by atoms with E-state index in [2.05, 4.69) is 5.32 Å². The van der Waals surface area contributed by atoms with E-state index >= 15 is 0 Å². The Kier molecular flexibility index (Phi) is 9.44. The van der Waals surface area contributed by atoms with Crippen LogP contribution in [0.5, 0.6) is 0 Å². The Morgan fingerprint density at radius 3 is 2.46 bits per heavy atom. The van der Waals surface area contributed by atoms with E-state index in [0.717, 1.165) is 29.2 Å². The number of carbonyl (C=O) groups is 3. The van der Waals surface area contributed by atoms with Gasteiger partial charge in [0.05, 0.1) is 29.2 Å². The lowest BCUT2D eigenvalue weighted by molar-refractivity contribution is -0.137. The molecule has 0 saturated carbocycles. The fourth-order valence-corrected chi connectivity index (χ4v) is 8.13. The Morgan fingerprint density at radius 2 is 1.82 bits per heavy atom. The van der Waals surface area contributed by atoms with Crippen molar-refractivity contribution in [2.24, 2.45) is 0 Å². The molecular weight excluding hydrogens is 684 g/mol. The molecule has 2 aromatic carbocycles. The molecule has 4 heterocycles. The van der Waals surface area contributed by atoms with Gasteiger partial charge in [0.25, 0.3) is 17.7 Å². The van der Waals surface area contributed by atoms with E-state index in [1.54, 1.807) is 11.6 Å². The van der Waals surface area contributed by atoms with Gasteiger partial charge in [-0.15, -0.1) is 0 Å². The van der Waals surface area contributed by atoms with Crippen LogP contribution in [0.15, 0.2) is 48.5 Å². The van der Waals surface area contributed by atoms with Crippen LogP contribution < -0.4 is 10.2 Å². The highest BCUT2D eigenvalue weighted by atomic mass is 32.2. The molecule has 3 aliphatic heterocycles. The van der Waals surface area contributed by atoms with Crippen LogP contribution >= 0.6 is 0 Å². The number of hydrogen-bond donors (Lipinski definition) is 1. The largest absolute Gasteiger partial charge is 0.416 e. The molecule has 2 fully saturated rings. The number of hydrogen-bond acceptors (Lipinski definition) is 8. The highest BCUT2D eigenvalue weighted by Crippen LogP contribution is 2.45. The third kappa shape index (κ3) is 6.56. The molecule has 2 saturated heterocycles. The van der Waals surface area contributed by atoms with E-state index in [9.17, 15) is 45.6 Å². The molecule has 0 bridgehead atoms. The number of aromatic nitrogens is 2. The minimum absolute atomic E-state index is 0.0310. The van der Waals surface area contributed by atoms with Crippen molar-refractivity contribution in [1.29, 1.82) is 5.26 Å². The summed E-state index contributed by atoms with van der Waals surface area (Å²) in [4.78, 5) is 45.0. The fraction of sp³-hybridized carbons (Fsp3) is 0.424. The van der Waals surface area contributed by atoms with Crippen molar-refractivity contribution in [1.82, 2.24) is 20.0 Å². The summed E-state index contributed by atoms with van der Waals surface area (Å²) in [6, 6.07) is 7.37. The minimum Gasteiger partial charge on any atom is -0.381 e. The van der Waals surface area contributed by atoms with E-state index in [0.29, 0.717) is 32.1 Å². The van der Waals surface area contributed by atoms with Gasteiger partial charge in [0.2, 0.25) is 0 Å². The topological polar surface area (TPSA) is 155 Å². The molecule has 50 heavy (non-hydrogen) atoms. The summed E-state index contributed by atoms with van der Waals surface area (Å²) >= 11 is 0. The predicted octanol–water partition coefficient (Wildman–Crippen LogP) is 3.45. The number of anilines is 1. The summed E-state index contributed by atoms with van der Waals surface area (Å²) in [6.07, 6.45) is -3.81. The summed E-state index contributed by atoms with van der Waals surface area (Å²) in [5, 5.41) is 17.2. The van der Waals surface area contributed by atoms with Crippen LogP contribution in [-0.2, 0) is 25.5 Å². The third-order valence-electron chi connectivity index (χ3n) is 9.22. The van der Waals surface area contributed by atoms with Gasteiger partial charge in [-0.2, -0.15) is 23.5 Å². The summed E-state index contributed by atoms with van der Waals surface area (Å²) in [5.41, 5.74) is -1.21. The number of benzene rings is 2. The number of amides is 3. The Bertz CT molecular complexity index is 1970. The molecule has 17 heteroatoms. The highest BCUT2D eigenvalue weighted by molar-refractivity contribution is 7.91. The van der Waals surface area contributed by atoms with Crippen molar-refractivity contribution >= 4 is 33.4 Å². The van der Waals surface area contributed by atoms with Crippen molar-refractivity contribution in [3.8, 4) is 6.07 Å². The van der Waals surface area contributed by atoms with Gasteiger partial charge in [-0.1, -0.05) is 18.2 Å². The zero-order valence-corrected chi connectivity index (χ0v) is 27.5. The third-order valence-corrected chi connectivity index (χ3v) is 10.8. The lowest BCUT2D eigenvalue weighted by Gasteiger charge is -2.39. The molecule has 1 N–H and O–H groups in total. The van der Waals surface area contributed by atoms with Crippen LogP contribution in [0.4, 0.5) is 23.4 Å². The van der Waals surface area contributed by atoms with Gasteiger partial charge in [-0.3, -0.25) is 19.3 Å². The van der Waals surface area contributed by atoms with Crippen molar-refractivity contribution in [2.75, 3.05) is 42.7 Å². The summed E-state index contributed by atoms with van der Waals surface area (Å²) in [5.74, 6) is -5.02. The van der Waals surface area contributed by atoms with Crippen molar-refractivity contribution in [3.63, 3.8) is 0 Å². The van der Waals surface area contributed by atoms with Crippen LogP contribution in [0.3, 0.4) is 0 Å². The first-order valence-corrected chi connectivity index (χ1v) is 17.7. The Hall–Kier alpha value is -4.82. The summed E-state index contributed by atoms with van der Waals surface area (Å²) in [7, 11) is -3.62. The Labute approximate surface area is 284 Å². The molecule has 3 aliphatic rings. The van der Waals surface area contributed by atoms with Gasteiger partial charge in [-0.05, 0) is 55.7 Å². The second kappa shape index (κ2) is 13.5. The first kappa shape index (κ1) is 35.0. The number of carbonyl (C=O) groups excluding carboxylic acids is 3. The van der Waals surface area contributed by atoms with Crippen LogP contribution in [0.25, 0.3) is 0 Å². The van der Waals surface area contributed by atoms with Crippen molar-refractivity contribution < 1.29 is 45.1 Å². The lowest BCUT2D eigenvalue weighted by Crippen LogP contribution is -2.56. The molecule has 0 radical (unpaired) electrons. The molecule has 12 nitrogen and oxygen atoms in total. The number of ether oxygens (including phenoxy) is 1. The zero-order valence-electron chi connectivity index (χ0n) is 26.7. The van der Waals surface area contributed by atoms with Gasteiger partial charge < -0.3 is 15.0 Å². The van der Waals surface area contributed by atoms with Gasteiger partial charge in [0.15, 0.2) is 15.5 Å². The number of nitriles is 1. The van der Waals surface area contributed by atoms with E-state index in [-0.39, 0.29) is 47.3 Å². The maximum Gasteiger partial charge on any atom is 0.416 e. The number of alkyl halides is 3. The molecule has 3 atom stereocenters. The molecule has 3 amide bonds. The monoisotopic (exact) mass is 716 g/mol. The maximum atomic E-state index is 14.5. The van der Waals surface area contributed by atoms with Crippen LogP contribution in [0.2, 0.25) is 0 Å². The smallest absolute Gasteiger partial charge is 0.381 e. The SMILES string of the molecule is CCN1C(=O)[C@@H](NC(=O)c2cccc(C(F)(F)F)c2)[C@@H](c2ccc(F)cc2)c2c(C(=O)N3CCS(=O)(=O)C[C@H]3C#N)nn(C3CCOCC3)c21. The van der Waals surface area contributed by atoms with E-state index in [1.807, 2.05) is 6.07 Å². The fourth-order valence-electron chi connectivity index (χ4n) is 6.75. The second-order valence-electron chi connectivity index (χ2n) is 12.3. The van der Waals surface area contributed by atoms with Crippen molar-refractivity contribution in [3.05, 3.63) is 82.3 Å². The molecule has 6 rings (SSSR count). The van der Waals surface area contributed by atoms with Gasteiger partial charge in [-0.25, -0.2) is 17.5 Å². The number of fused-ring (bicyclic) bond motifs is 1. The number of likely N-dealkylation sites (N-methyl/N-ethyl adjacent to an activating group) is 1. The van der Waals surface area contributed by atoms with Gasteiger partial charge in [0, 0.05) is 43.3 Å². The average molecular weight is 717 g/mol. The van der Waals surface area contributed by atoms with Crippen LogP contribution in [0.1, 0.15) is 69.3 Å². The quantitative estimate of drug-likeness (QED) is 0.381. The summed E-state index contributed by atoms with van der Waals surface area (Å²) < 4.78 is 86.7. The molecule has 264 valence electrons. The molecule has 0 unspecified atom stereocenters. The molecule has 0 spiro atoms. The zero-order chi connectivity index (χ0) is 36.0. The van der Waals surface area contributed by atoms with Gasteiger partial charge >= 0.3 is 6.18 Å². The van der Waals surface area contributed by atoms with E-state index in [4.69, 9.17) is 9.84 Å². The van der Waals surface area contributed by atoms with Crippen molar-refractivity contribution in [2.45, 2.75) is 50.0 Å². The first-order valence-electron chi connectivity index (χ1n) is 15.9. The van der Waals surface area contributed by atoms with E-state index in [1.165, 1.54) is 23.1 Å². The lowest BCUT2D eigenvalue weighted by atomic mass is 9.80. The van der Waals surface area contributed by atoms with E-state index < -0.39 is 74.6 Å². The Morgan fingerprint density at radius 1 is 1.12 bits per heavy atom. The number of nitrogens with one attached hydrogen (secondary N) is 1. The standard InChI is InChI=1S/C33H32F4N6O6S/c1-2-41-30-26(28(40-43(30)23-10-13-49-14-11-23)32(46)42-12-15-50(47,48)18-24(42)17-38)25(19-6-8-22(34)9-7-19)27(31(41)45)39-29(44)20-4-3-5-21(16-20)33(35,36)37/h3-9,16,23-25,27H,2,10-15,18H2,1H3,(H,39,44)/t24-,25+,27+/m1/s1. The average Bonchev–Trinajstić information content (AvgIpc) is 3.48. The number of halogens is 4. The minimum atomic E-state index is -4.75. The van der Waals surface area contributed by atoms with Crippen LogP contribution in [-0.4, -0.2) is 90.7 Å². The second-order valence-corrected chi connectivity index (χ2v) is 14.5. The maximum absolute atomic E-state index is 14.5. The summed E-state index contributed by atoms with van der Waals surface area (Å²) in [6.45, 7) is 2.12. The Balaban J connectivity index is 1.54. The normalized spacial score (nSPS) is 22.5. The number of nitrogens with zero attached hydrogens (tertiary/aromatic N) is 5. The van der Waals surface area contributed by atoms with Crippen LogP contribution in [0, 0.1) is 17.1 Å². The molecule has 0 aliphatic carbocycles. The highest BCUT2D eigenvalue weighted by Gasteiger charge is 2.49. The predicted molar refractivity (Wildman–Crippen MR) is 169 cm³/mol. The molecule has 1 aromatic heterocycles. The first-order chi connectivity index (χ1) is 23.7. The number of sulfone groups is 1.